The van der Waals surface area contributed by atoms with E-state index in [9.17, 15) is 9.59 Å². The van der Waals surface area contributed by atoms with Crippen molar-refractivity contribution in [1.82, 2.24) is 9.97 Å². The number of ketones is 2. The van der Waals surface area contributed by atoms with E-state index in [1.54, 1.807) is 19.2 Å². The third-order valence-corrected chi connectivity index (χ3v) is 2.88. The molecule has 1 atom stereocenters. The van der Waals surface area contributed by atoms with Gasteiger partial charge in [-0.2, -0.15) is 0 Å². The summed E-state index contributed by atoms with van der Waals surface area (Å²) in [5, 5.41) is 0. The van der Waals surface area contributed by atoms with Gasteiger partial charge in [0, 0.05) is 25.0 Å². The topological polar surface area (TPSA) is 59.9 Å². The SMILES string of the molecule is Cc1nccc(C(=O)C2CCCC(=O)C2)n1. The van der Waals surface area contributed by atoms with E-state index in [0.717, 1.165) is 12.8 Å². The van der Waals surface area contributed by atoms with Crippen LogP contribution in [-0.4, -0.2) is 21.5 Å². The number of Topliss-reactive ketones (excluding diaryl/α,β-unsaturated/α-hetero) is 2. The molecular formula is C12H14N2O2. The zero-order valence-corrected chi connectivity index (χ0v) is 9.27. The van der Waals surface area contributed by atoms with Crippen LogP contribution in [0.3, 0.4) is 0 Å². The Hall–Kier alpha value is -1.58. The van der Waals surface area contributed by atoms with Crippen molar-refractivity contribution in [2.24, 2.45) is 5.92 Å². The minimum absolute atomic E-state index is 0.0152. The van der Waals surface area contributed by atoms with Crippen LogP contribution < -0.4 is 0 Å². The van der Waals surface area contributed by atoms with Crippen molar-refractivity contribution >= 4 is 11.6 Å². The third kappa shape index (κ3) is 2.32. The van der Waals surface area contributed by atoms with Crippen LogP contribution in [0, 0.1) is 12.8 Å². The molecule has 1 aromatic heterocycles. The van der Waals surface area contributed by atoms with Crippen molar-refractivity contribution in [2.45, 2.75) is 32.6 Å². The Morgan fingerprint density at radius 2 is 2.31 bits per heavy atom. The number of hydrogen-bond acceptors (Lipinski definition) is 4. The Morgan fingerprint density at radius 1 is 1.50 bits per heavy atom. The number of hydrogen-bond donors (Lipinski definition) is 0. The highest BCUT2D eigenvalue weighted by atomic mass is 16.1. The number of nitrogens with zero attached hydrogens (tertiary/aromatic N) is 2. The minimum Gasteiger partial charge on any atom is -0.300 e. The van der Waals surface area contributed by atoms with Gasteiger partial charge in [0.1, 0.15) is 17.3 Å². The van der Waals surface area contributed by atoms with E-state index in [2.05, 4.69) is 9.97 Å². The predicted octanol–water partition coefficient (Wildman–Crippen LogP) is 1.73. The fourth-order valence-electron chi connectivity index (χ4n) is 2.05. The van der Waals surface area contributed by atoms with E-state index in [0.29, 0.717) is 24.4 Å². The lowest BCUT2D eigenvalue weighted by Gasteiger charge is -2.18. The van der Waals surface area contributed by atoms with E-state index < -0.39 is 0 Å². The van der Waals surface area contributed by atoms with Gasteiger partial charge in [-0.1, -0.05) is 0 Å². The molecule has 1 unspecified atom stereocenters. The summed E-state index contributed by atoms with van der Waals surface area (Å²) in [7, 11) is 0. The molecule has 4 nitrogen and oxygen atoms in total. The van der Waals surface area contributed by atoms with Crippen molar-refractivity contribution in [3.63, 3.8) is 0 Å². The molecule has 0 aliphatic heterocycles. The third-order valence-electron chi connectivity index (χ3n) is 2.88. The zero-order chi connectivity index (χ0) is 11.5. The molecule has 0 radical (unpaired) electrons. The van der Waals surface area contributed by atoms with Gasteiger partial charge in [0.15, 0.2) is 5.78 Å². The van der Waals surface area contributed by atoms with Crippen LogP contribution in [0.1, 0.15) is 42.0 Å². The van der Waals surface area contributed by atoms with Gasteiger partial charge in [0.2, 0.25) is 0 Å². The minimum atomic E-state index is -0.171. The molecule has 1 fully saturated rings. The number of aromatic nitrogens is 2. The molecule has 1 saturated carbocycles. The van der Waals surface area contributed by atoms with Crippen molar-refractivity contribution in [2.75, 3.05) is 0 Å². The Bertz CT molecular complexity index is 429. The van der Waals surface area contributed by atoms with Crippen LogP contribution in [0.15, 0.2) is 12.3 Å². The van der Waals surface area contributed by atoms with Crippen molar-refractivity contribution in [1.29, 1.82) is 0 Å². The summed E-state index contributed by atoms with van der Waals surface area (Å²) < 4.78 is 0. The molecule has 4 heteroatoms. The van der Waals surface area contributed by atoms with Crippen molar-refractivity contribution in [3.8, 4) is 0 Å². The molecule has 1 aliphatic rings. The first-order chi connectivity index (χ1) is 7.66. The van der Waals surface area contributed by atoms with Gasteiger partial charge in [-0.3, -0.25) is 9.59 Å². The van der Waals surface area contributed by atoms with Gasteiger partial charge in [0.25, 0.3) is 0 Å². The fourth-order valence-corrected chi connectivity index (χ4v) is 2.05. The Labute approximate surface area is 94.1 Å². The average molecular weight is 218 g/mol. The van der Waals surface area contributed by atoms with Gasteiger partial charge in [-0.15, -0.1) is 0 Å². The van der Waals surface area contributed by atoms with Crippen LogP contribution >= 0.6 is 0 Å². The number of aryl methyl sites for hydroxylation is 1. The summed E-state index contributed by atoms with van der Waals surface area (Å²) in [4.78, 5) is 31.4. The van der Waals surface area contributed by atoms with Crippen LogP contribution in [0.2, 0.25) is 0 Å². The molecule has 84 valence electrons. The van der Waals surface area contributed by atoms with Crippen LogP contribution in [0.25, 0.3) is 0 Å². The molecule has 0 aromatic carbocycles. The molecule has 2 rings (SSSR count). The molecule has 1 aromatic rings. The van der Waals surface area contributed by atoms with Gasteiger partial charge in [-0.05, 0) is 25.8 Å². The maximum absolute atomic E-state index is 12.1. The number of rotatable bonds is 2. The summed E-state index contributed by atoms with van der Waals surface area (Å²) in [6, 6.07) is 1.62. The van der Waals surface area contributed by atoms with E-state index in [-0.39, 0.29) is 17.5 Å². The lowest BCUT2D eigenvalue weighted by molar-refractivity contribution is -0.121. The summed E-state index contributed by atoms with van der Waals surface area (Å²) in [6.07, 6.45) is 4.20. The van der Waals surface area contributed by atoms with Gasteiger partial charge < -0.3 is 0 Å². The van der Waals surface area contributed by atoms with Crippen LogP contribution in [0.5, 0.6) is 0 Å². The lowest BCUT2D eigenvalue weighted by Crippen LogP contribution is -2.23. The van der Waals surface area contributed by atoms with E-state index in [1.807, 2.05) is 0 Å². The molecule has 1 aliphatic carbocycles. The number of carbonyl (C=O) groups excluding carboxylic acids is 2. The summed E-state index contributed by atoms with van der Waals surface area (Å²) in [5.74, 6) is 0.595. The summed E-state index contributed by atoms with van der Waals surface area (Å²) in [6.45, 7) is 1.75. The zero-order valence-electron chi connectivity index (χ0n) is 9.27. The Balaban J connectivity index is 2.15. The van der Waals surface area contributed by atoms with Crippen molar-refractivity contribution < 1.29 is 9.59 Å². The maximum atomic E-state index is 12.1. The largest absolute Gasteiger partial charge is 0.300 e. The highest BCUT2D eigenvalue weighted by Crippen LogP contribution is 2.24. The molecule has 16 heavy (non-hydrogen) atoms. The van der Waals surface area contributed by atoms with Gasteiger partial charge in [0.05, 0.1) is 0 Å². The second kappa shape index (κ2) is 4.51. The molecule has 0 bridgehead atoms. The van der Waals surface area contributed by atoms with E-state index in [4.69, 9.17) is 0 Å². The molecule has 0 spiro atoms. The molecule has 0 amide bonds. The molecular weight excluding hydrogens is 204 g/mol. The lowest BCUT2D eigenvalue weighted by atomic mass is 9.84. The fraction of sp³-hybridized carbons (Fsp3) is 0.500. The highest BCUT2D eigenvalue weighted by Gasteiger charge is 2.27. The van der Waals surface area contributed by atoms with E-state index in [1.165, 1.54) is 0 Å². The smallest absolute Gasteiger partial charge is 0.184 e. The van der Waals surface area contributed by atoms with Gasteiger partial charge in [-0.25, -0.2) is 9.97 Å². The number of carbonyl (C=O) groups is 2. The second-order valence-corrected chi connectivity index (χ2v) is 4.19. The normalized spacial score (nSPS) is 20.8. The monoisotopic (exact) mass is 218 g/mol. The highest BCUT2D eigenvalue weighted by molar-refractivity contribution is 5.99. The quantitative estimate of drug-likeness (QED) is 0.709. The summed E-state index contributed by atoms with van der Waals surface area (Å²) >= 11 is 0. The molecule has 0 saturated heterocycles. The van der Waals surface area contributed by atoms with E-state index >= 15 is 0 Å². The molecule has 0 N–H and O–H groups in total. The van der Waals surface area contributed by atoms with Crippen LogP contribution in [-0.2, 0) is 4.79 Å². The maximum Gasteiger partial charge on any atom is 0.184 e. The Kier molecular flexibility index (Phi) is 3.08. The van der Waals surface area contributed by atoms with Gasteiger partial charge >= 0.3 is 0 Å². The average Bonchev–Trinajstić information content (AvgIpc) is 2.28. The first-order valence-corrected chi connectivity index (χ1v) is 5.52. The predicted molar refractivity (Wildman–Crippen MR) is 58.1 cm³/mol. The molecule has 1 heterocycles. The summed E-state index contributed by atoms with van der Waals surface area (Å²) in [5.41, 5.74) is 0.437. The first kappa shape index (κ1) is 10.9. The second-order valence-electron chi connectivity index (χ2n) is 4.19. The van der Waals surface area contributed by atoms with Crippen LogP contribution in [0.4, 0.5) is 0 Å². The standard InChI is InChI=1S/C12H14N2O2/c1-8-13-6-5-11(14-8)12(16)9-3-2-4-10(15)7-9/h5-6,9H,2-4,7H2,1H3. The first-order valence-electron chi connectivity index (χ1n) is 5.52. The Morgan fingerprint density at radius 3 is 3.00 bits per heavy atom. The van der Waals surface area contributed by atoms with Crippen molar-refractivity contribution in [3.05, 3.63) is 23.8 Å².